The van der Waals surface area contributed by atoms with Gasteiger partial charge in [-0.3, -0.25) is 0 Å². The summed E-state index contributed by atoms with van der Waals surface area (Å²) in [5.74, 6) is 0. The molecule has 0 bridgehead atoms. The summed E-state index contributed by atoms with van der Waals surface area (Å²) in [7, 11) is 0. The summed E-state index contributed by atoms with van der Waals surface area (Å²) < 4.78 is 0.921. The zero-order chi connectivity index (χ0) is 9.97. The molecular weight excluding hydrogens is 265 g/mol. The molecule has 1 heterocycles. The molecule has 1 aromatic heterocycles. The highest BCUT2D eigenvalue weighted by molar-refractivity contribution is 9.10. The normalized spacial score (nSPS) is 10.1. The average Bonchev–Trinajstić information content (AvgIpc) is 2.20. The van der Waals surface area contributed by atoms with E-state index in [9.17, 15) is 0 Å². The van der Waals surface area contributed by atoms with Gasteiger partial charge >= 0.3 is 0 Å². The Kier molecular flexibility index (Phi) is 2.74. The number of halogens is 2. The summed E-state index contributed by atoms with van der Waals surface area (Å²) >= 11 is 9.31. The summed E-state index contributed by atoms with van der Waals surface area (Å²) in [6, 6.07) is 7.65. The van der Waals surface area contributed by atoms with E-state index in [1.165, 1.54) is 6.33 Å². The molecule has 0 radical (unpaired) electrons. The minimum atomic E-state index is 0.354. The minimum Gasteiger partial charge on any atom is -0.220 e. The van der Waals surface area contributed by atoms with Gasteiger partial charge in [0, 0.05) is 10.0 Å². The van der Waals surface area contributed by atoms with Crippen LogP contribution in [0.1, 0.15) is 0 Å². The summed E-state index contributed by atoms with van der Waals surface area (Å²) in [6.45, 7) is 0. The molecule has 0 saturated heterocycles. The first kappa shape index (κ1) is 9.55. The molecule has 5 heteroatoms. The quantitative estimate of drug-likeness (QED) is 0.800. The predicted octanol–water partition coefficient (Wildman–Crippen LogP) is 2.95. The van der Waals surface area contributed by atoms with Crippen molar-refractivity contribution in [3.8, 4) is 11.3 Å². The molecule has 14 heavy (non-hydrogen) atoms. The van der Waals surface area contributed by atoms with E-state index in [0.29, 0.717) is 10.8 Å². The van der Waals surface area contributed by atoms with Crippen molar-refractivity contribution in [1.82, 2.24) is 15.2 Å². The highest BCUT2D eigenvalue weighted by Gasteiger charge is 2.08. The van der Waals surface area contributed by atoms with Crippen LogP contribution in [0.25, 0.3) is 11.3 Å². The second-order valence-corrected chi connectivity index (χ2v) is 3.79. The van der Waals surface area contributed by atoms with Crippen LogP contribution in [0, 0.1) is 0 Å². The molecule has 0 unspecified atom stereocenters. The van der Waals surface area contributed by atoms with Crippen LogP contribution >= 0.6 is 27.5 Å². The molecule has 0 fully saturated rings. The lowest BCUT2D eigenvalue weighted by Crippen LogP contribution is -1.91. The Morgan fingerprint density at radius 1 is 1.21 bits per heavy atom. The Morgan fingerprint density at radius 2 is 2.00 bits per heavy atom. The van der Waals surface area contributed by atoms with E-state index >= 15 is 0 Å². The zero-order valence-electron chi connectivity index (χ0n) is 6.98. The van der Waals surface area contributed by atoms with Gasteiger partial charge in [-0.05, 0) is 6.07 Å². The molecule has 0 aliphatic rings. The molecule has 3 nitrogen and oxygen atoms in total. The third kappa shape index (κ3) is 1.76. The van der Waals surface area contributed by atoms with Crippen molar-refractivity contribution in [3.63, 3.8) is 0 Å². The van der Waals surface area contributed by atoms with E-state index in [1.807, 2.05) is 24.3 Å². The van der Waals surface area contributed by atoms with Crippen molar-refractivity contribution in [2.24, 2.45) is 0 Å². The molecule has 2 aromatic rings. The van der Waals surface area contributed by atoms with E-state index in [-0.39, 0.29) is 0 Å². The standard InChI is InChI=1S/C9H5BrClN3/c10-7-4-2-1-3-6(7)8-9(11)12-5-13-14-8/h1-5H. The summed E-state index contributed by atoms with van der Waals surface area (Å²) in [5, 5.41) is 7.99. The van der Waals surface area contributed by atoms with Crippen LogP contribution in [0.15, 0.2) is 35.1 Å². The van der Waals surface area contributed by atoms with Gasteiger partial charge in [-0.2, -0.15) is 0 Å². The van der Waals surface area contributed by atoms with Gasteiger partial charge in [0.1, 0.15) is 12.0 Å². The number of nitrogens with zero attached hydrogens (tertiary/aromatic N) is 3. The SMILES string of the molecule is Clc1ncnnc1-c1ccccc1Br. The number of hydrogen-bond acceptors (Lipinski definition) is 3. The van der Waals surface area contributed by atoms with Crippen LogP contribution in [-0.4, -0.2) is 15.2 Å². The fraction of sp³-hybridized carbons (Fsp3) is 0. The third-order valence-electron chi connectivity index (χ3n) is 1.70. The average molecular weight is 271 g/mol. The van der Waals surface area contributed by atoms with Crippen LogP contribution in [0.2, 0.25) is 5.15 Å². The Morgan fingerprint density at radius 3 is 2.71 bits per heavy atom. The van der Waals surface area contributed by atoms with Crippen molar-refractivity contribution in [3.05, 3.63) is 40.2 Å². The largest absolute Gasteiger partial charge is 0.220 e. The van der Waals surface area contributed by atoms with E-state index in [1.54, 1.807) is 0 Å². The van der Waals surface area contributed by atoms with Crippen molar-refractivity contribution >= 4 is 27.5 Å². The van der Waals surface area contributed by atoms with Gasteiger partial charge in [0.15, 0.2) is 5.15 Å². The van der Waals surface area contributed by atoms with Gasteiger partial charge in [-0.1, -0.05) is 45.7 Å². The molecule has 0 aliphatic carbocycles. The van der Waals surface area contributed by atoms with Crippen molar-refractivity contribution in [2.45, 2.75) is 0 Å². The molecule has 0 atom stereocenters. The lowest BCUT2D eigenvalue weighted by molar-refractivity contribution is 0.976. The molecule has 1 aromatic carbocycles. The third-order valence-corrected chi connectivity index (χ3v) is 2.67. The monoisotopic (exact) mass is 269 g/mol. The molecule has 0 amide bonds. The Bertz CT molecular complexity index is 418. The molecular formula is C9H5BrClN3. The molecule has 0 N–H and O–H groups in total. The van der Waals surface area contributed by atoms with E-state index in [0.717, 1.165) is 10.0 Å². The van der Waals surface area contributed by atoms with Crippen LogP contribution in [-0.2, 0) is 0 Å². The van der Waals surface area contributed by atoms with Crippen LogP contribution in [0.3, 0.4) is 0 Å². The van der Waals surface area contributed by atoms with Gasteiger partial charge in [0.05, 0.1) is 0 Å². The van der Waals surface area contributed by atoms with Crippen LogP contribution in [0.5, 0.6) is 0 Å². The second-order valence-electron chi connectivity index (χ2n) is 2.58. The Balaban J connectivity index is 2.61. The number of benzene rings is 1. The molecule has 2 rings (SSSR count). The lowest BCUT2D eigenvalue weighted by Gasteiger charge is -2.02. The number of rotatable bonds is 1. The molecule has 0 aliphatic heterocycles. The smallest absolute Gasteiger partial charge is 0.159 e. The Labute approximate surface area is 94.3 Å². The number of aromatic nitrogens is 3. The van der Waals surface area contributed by atoms with Gasteiger partial charge in [-0.25, -0.2) is 4.98 Å². The van der Waals surface area contributed by atoms with Gasteiger partial charge < -0.3 is 0 Å². The van der Waals surface area contributed by atoms with Crippen LogP contribution in [0.4, 0.5) is 0 Å². The summed E-state index contributed by atoms with van der Waals surface area (Å²) in [5.41, 5.74) is 1.47. The van der Waals surface area contributed by atoms with Crippen molar-refractivity contribution in [2.75, 3.05) is 0 Å². The first-order valence-corrected chi connectivity index (χ1v) is 5.04. The number of hydrogen-bond donors (Lipinski definition) is 0. The minimum absolute atomic E-state index is 0.354. The summed E-state index contributed by atoms with van der Waals surface area (Å²) in [6.07, 6.45) is 1.32. The first-order valence-electron chi connectivity index (χ1n) is 3.87. The maximum atomic E-state index is 5.90. The highest BCUT2D eigenvalue weighted by atomic mass is 79.9. The molecule has 0 spiro atoms. The topological polar surface area (TPSA) is 38.7 Å². The van der Waals surface area contributed by atoms with Gasteiger partial charge in [0.25, 0.3) is 0 Å². The fourth-order valence-electron chi connectivity index (χ4n) is 1.08. The molecule has 0 saturated carbocycles. The molecule has 70 valence electrons. The lowest BCUT2D eigenvalue weighted by atomic mass is 10.2. The maximum Gasteiger partial charge on any atom is 0.159 e. The highest BCUT2D eigenvalue weighted by Crippen LogP contribution is 2.29. The van der Waals surface area contributed by atoms with Crippen molar-refractivity contribution < 1.29 is 0 Å². The Hall–Kier alpha value is -1.00. The van der Waals surface area contributed by atoms with E-state index in [4.69, 9.17) is 11.6 Å². The second kappa shape index (κ2) is 4.02. The van der Waals surface area contributed by atoms with Gasteiger partial charge in [-0.15, -0.1) is 10.2 Å². The van der Waals surface area contributed by atoms with Crippen molar-refractivity contribution in [1.29, 1.82) is 0 Å². The zero-order valence-corrected chi connectivity index (χ0v) is 9.33. The van der Waals surface area contributed by atoms with Gasteiger partial charge in [0.2, 0.25) is 0 Å². The van der Waals surface area contributed by atoms with E-state index < -0.39 is 0 Å². The van der Waals surface area contributed by atoms with E-state index in [2.05, 4.69) is 31.1 Å². The van der Waals surface area contributed by atoms with Crippen LogP contribution < -0.4 is 0 Å². The maximum absolute atomic E-state index is 5.90. The summed E-state index contributed by atoms with van der Waals surface area (Å²) in [4.78, 5) is 3.87. The predicted molar refractivity (Wildman–Crippen MR) is 58.0 cm³/mol. The first-order chi connectivity index (χ1) is 6.79. The fourth-order valence-corrected chi connectivity index (χ4v) is 1.74.